The van der Waals surface area contributed by atoms with Crippen LogP contribution in [0.4, 0.5) is 0 Å². The standard InChI is InChI=1S/C18H35NO2/c1-2-3-4-5-6-7-8-9-10-11-12-17(20)18-14-13-16(15-19)21-18/h16,18H,2-15,19H2,1H3. The van der Waals surface area contributed by atoms with Crippen LogP contribution in [-0.2, 0) is 9.53 Å². The Bertz CT molecular complexity index is 268. The van der Waals surface area contributed by atoms with Crippen molar-refractivity contribution in [2.75, 3.05) is 6.54 Å². The molecule has 1 aliphatic rings. The number of unbranched alkanes of at least 4 members (excludes halogenated alkanes) is 9. The first-order valence-corrected chi connectivity index (χ1v) is 9.16. The molecule has 0 spiro atoms. The molecular formula is C18H35NO2. The normalized spacial score (nSPS) is 21.8. The summed E-state index contributed by atoms with van der Waals surface area (Å²) in [5.74, 6) is 0.297. The Morgan fingerprint density at radius 3 is 2.05 bits per heavy atom. The van der Waals surface area contributed by atoms with Crippen molar-refractivity contribution in [3.63, 3.8) is 0 Å². The first-order chi connectivity index (χ1) is 10.3. The zero-order chi connectivity index (χ0) is 15.3. The maximum absolute atomic E-state index is 12.0. The molecule has 1 saturated heterocycles. The monoisotopic (exact) mass is 297 g/mol. The third-order valence-electron chi connectivity index (χ3n) is 4.51. The molecule has 0 aromatic heterocycles. The SMILES string of the molecule is CCCCCCCCCCCCC(=O)C1CCC(CN)O1. The molecule has 1 rings (SSSR count). The minimum atomic E-state index is -0.155. The maximum atomic E-state index is 12.0. The Hall–Kier alpha value is -0.410. The molecule has 2 N–H and O–H groups in total. The lowest BCUT2D eigenvalue weighted by Gasteiger charge is -2.11. The third-order valence-corrected chi connectivity index (χ3v) is 4.51. The van der Waals surface area contributed by atoms with Gasteiger partial charge in [-0.3, -0.25) is 4.79 Å². The van der Waals surface area contributed by atoms with Crippen LogP contribution in [0.15, 0.2) is 0 Å². The molecule has 1 aliphatic heterocycles. The van der Waals surface area contributed by atoms with E-state index in [9.17, 15) is 4.79 Å². The van der Waals surface area contributed by atoms with E-state index in [0.717, 1.165) is 19.3 Å². The van der Waals surface area contributed by atoms with Gasteiger partial charge in [-0.25, -0.2) is 0 Å². The van der Waals surface area contributed by atoms with Crippen molar-refractivity contribution >= 4 is 5.78 Å². The minimum Gasteiger partial charge on any atom is -0.366 e. The molecule has 1 fully saturated rings. The summed E-state index contributed by atoms with van der Waals surface area (Å²) in [6.07, 6.45) is 15.6. The van der Waals surface area contributed by atoms with E-state index in [1.54, 1.807) is 0 Å². The van der Waals surface area contributed by atoms with Crippen LogP contribution < -0.4 is 5.73 Å². The largest absolute Gasteiger partial charge is 0.366 e. The molecule has 2 atom stereocenters. The Morgan fingerprint density at radius 2 is 1.52 bits per heavy atom. The van der Waals surface area contributed by atoms with E-state index in [4.69, 9.17) is 10.5 Å². The second kappa shape index (κ2) is 12.2. The molecule has 3 nitrogen and oxygen atoms in total. The van der Waals surface area contributed by atoms with Crippen LogP contribution in [0.5, 0.6) is 0 Å². The average Bonchev–Trinajstić information content (AvgIpc) is 2.98. The number of hydrogen-bond donors (Lipinski definition) is 1. The van der Waals surface area contributed by atoms with E-state index < -0.39 is 0 Å². The molecule has 0 aromatic carbocycles. The highest BCUT2D eigenvalue weighted by Gasteiger charge is 2.28. The molecule has 21 heavy (non-hydrogen) atoms. The van der Waals surface area contributed by atoms with Gasteiger partial charge in [0.1, 0.15) is 6.10 Å². The molecule has 0 aliphatic carbocycles. The number of Topliss-reactive ketones (excluding diaryl/α,β-unsaturated/α-hetero) is 1. The van der Waals surface area contributed by atoms with Crippen molar-refractivity contribution in [1.29, 1.82) is 0 Å². The molecule has 0 saturated carbocycles. The van der Waals surface area contributed by atoms with Crippen molar-refractivity contribution in [2.24, 2.45) is 5.73 Å². The lowest BCUT2D eigenvalue weighted by Crippen LogP contribution is -2.25. The van der Waals surface area contributed by atoms with Crippen molar-refractivity contribution in [2.45, 2.75) is 103 Å². The zero-order valence-electron chi connectivity index (χ0n) is 13.9. The Morgan fingerprint density at radius 1 is 0.952 bits per heavy atom. The maximum Gasteiger partial charge on any atom is 0.161 e. The summed E-state index contributed by atoms with van der Waals surface area (Å²) < 4.78 is 5.64. The Balaban J connectivity index is 1.87. The van der Waals surface area contributed by atoms with E-state index in [0.29, 0.717) is 18.7 Å². The van der Waals surface area contributed by atoms with Gasteiger partial charge < -0.3 is 10.5 Å². The first-order valence-electron chi connectivity index (χ1n) is 9.16. The summed E-state index contributed by atoms with van der Waals surface area (Å²) in [5.41, 5.74) is 5.57. The lowest BCUT2D eigenvalue weighted by atomic mass is 10.0. The molecule has 0 bridgehead atoms. The number of hydrogen-bond acceptors (Lipinski definition) is 3. The molecule has 1 heterocycles. The summed E-state index contributed by atoms with van der Waals surface area (Å²) in [5, 5.41) is 0. The van der Waals surface area contributed by atoms with Crippen molar-refractivity contribution in [3.05, 3.63) is 0 Å². The molecular weight excluding hydrogens is 262 g/mol. The number of ether oxygens (including phenoxy) is 1. The molecule has 0 aromatic rings. The van der Waals surface area contributed by atoms with Crippen LogP contribution >= 0.6 is 0 Å². The summed E-state index contributed by atoms with van der Waals surface area (Å²) in [6.45, 7) is 2.80. The average molecular weight is 297 g/mol. The van der Waals surface area contributed by atoms with Crippen molar-refractivity contribution < 1.29 is 9.53 Å². The molecule has 2 unspecified atom stereocenters. The molecule has 0 radical (unpaired) electrons. The van der Waals surface area contributed by atoms with E-state index in [1.165, 1.54) is 57.8 Å². The van der Waals surface area contributed by atoms with Crippen LogP contribution in [0.25, 0.3) is 0 Å². The Kier molecular flexibility index (Phi) is 10.8. The molecule has 0 amide bonds. The number of carbonyl (C=O) groups excluding carboxylic acids is 1. The second-order valence-electron chi connectivity index (χ2n) is 6.46. The van der Waals surface area contributed by atoms with Crippen LogP contribution in [0.1, 0.15) is 90.4 Å². The van der Waals surface area contributed by atoms with E-state index in [2.05, 4.69) is 6.92 Å². The predicted molar refractivity (Wildman–Crippen MR) is 88.4 cm³/mol. The zero-order valence-corrected chi connectivity index (χ0v) is 13.9. The number of carbonyl (C=O) groups is 1. The van der Waals surface area contributed by atoms with Gasteiger partial charge in [0.05, 0.1) is 6.10 Å². The third kappa shape index (κ3) is 8.57. The second-order valence-corrected chi connectivity index (χ2v) is 6.46. The Labute approximate surface area is 131 Å². The van der Waals surface area contributed by atoms with Gasteiger partial charge in [0.15, 0.2) is 5.78 Å². The highest BCUT2D eigenvalue weighted by atomic mass is 16.5. The predicted octanol–water partition coefficient (Wildman–Crippen LogP) is 4.37. The number of nitrogens with two attached hydrogens (primary N) is 1. The van der Waals surface area contributed by atoms with Crippen LogP contribution in [0, 0.1) is 0 Å². The van der Waals surface area contributed by atoms with Crippen LogP contribution in [-0.4, -0.2) is 24.5 Å². The lowest BCUT2D eigenvalue weighted by molar-refractivity contribution is -0.129. The van der Waals surface area contributed by atoms with Crippen molar-refractivity contribution in [1.82, 2.24) is 0 Å². The van der Waals surface area contributed by atoms with Crippen molar-refractivity contribution in [3.8, 4) is 0 Å². The summed E-state index contributed by atoms with van der Waals surface area (Å²) in [7, 11) is 0. The summed E-state index contributed by atoms with van der Waals surface area (Å²) in [6, 6.07) is 0. The summed E-state index contributed by atoms with van der Waals surface area (Å²) >= 11 is 0. The van der Waals surface area contributed by atoms with Gasteiger partial charge in [-0.2, -0.15) is 0 Å². The van der Waals surface area contributed by atoms with Crippen LogP contribution in [0.3, 0.4) is 0 Å². The smallest absolute Gasteiger partial charge is 0.161 e. The number of ketones is 1. The fourth-order valence-electron chi connectivity index (χ4n) is 3.06. The minimum absolute atomic E-state index is 0.117. The van der Waals surface area contributed by atoms with E-state index in [-0.39, 0.29) is 12.2 Å². The fraction of sp³-hybridized carbons (Fsp3) is 0.944. The van der Waals surface area contributed by atoms with Gasteiger partial charge in [-0.15, -0.1) is 0 Å². The van der Waals surface area contributed by atoms with Gasteiger partial charge in [0.25, 0.3) is 0 Å². The summed E-state index contributed by atoms with van der Waals surface area (Å²) in [4.78, 5) is 12.0. The van der Waals surface area contributed by atoms with E-state index >= 15 is 0 Å². The fourth-order valence-corrected chi connectivity index (χ4v) is 3.06. The molecule has 3 heteroatoms. The topological polar surface area (TPSA) is 52.3 Å². The molecule has 124 valence electrons. The highest BCUT2D eigenvalue weighted by Crippen LogP contribution is 2.21. The van der Waals surface area contributed by atoms with Gasteiger partial charge in [-0.05, 0) is 19.3 Å². The van der Waals surface area contributed by atoms with E-state index in [1.807, 2.05) is 0 Å². The number of rotatable bonds is 13. The van der Waals surface area contributed by atoms with Crippen LogP contribution in [0.2, 0.25) is 0 Å². The highest BCUT2D eigenvalue weighted by molar-refractivity contribution is 5.83. The first kappa shape index (κ1) is 18.6. The van der Waals surface area contributed by atoms with Gasteiger partial charge in [0, 0.05) is 13.0 Å². The van der Waals surface area contributed by atoms with Gasteiger partial charge in [0.2, 0.25) is 0 Å². The quantitative estimate of drug-likeness (QED) is 0.513. The van der Waals surface area contributed by atoms with Gasteiger partial charge in [-0.1, -0.05) is 64.7 Å². The van der Waals surface area contributed by atoms with Gasteiger partial charge >= 0.3 is 0 Å².